The Bertz CT molecular complexity index is 331. The predicted octanol–water partition coefficient (Wildman–Crippen LogP) is 1.17. The smallest absolute Gasteiger partial charge is 0.246 e. The predicted molar refractivity (Wildman–Crippen MR) is 73.6 cm³/mol. The molecule has 3 atom stereocenters. The highest BCUT2D eigenvalue weighted by Crippen LogP contribution is 2.18. The molecule has 5 heteroatoms. The van der Waals surface area contributed by atoms with Gasteiger partial charge < -0.3 is 15.0 Å². The molecule has 0 aromatic rings. The van der Waals surface area contributed by atoms with Gasteiger partial charge in [-0.2, -0.15) is 0 Å². The van der Waals surface area contributed by atoms with Gasteiger partial charge in [-0.15, -0.1) is 0 Å². The van der Waals surface area contributed by atoms with Gasteiger partial charge in [0.1, 0.15) is 12.1 Å². The summed E-state index contributed by atoms with van der Waals surface area (Å²) in [6, 6.07) is -0.901. The second kappa shape index (κ2) is 6.89. The molecule has 0 aliphatic carbocycles. The largest absolute Gasteiger partial charge is 0.380 e. The molecule has 1 N–H and O–H groups in total. The van der Waals surface area contributed by atoms with Crippen molar-refractivity contribution in [3.8, 4) is 0 Å². The van der Waals surface area contributed by atoms with Gasteiger partial charge in [-0.25, -0.2) is 0 Å². The van der Waals surface area contributed by atoms with Gasteiger partial charge in [-0.05, 0) is 33.1 Å². The van der Waals surface area contributed by atoms with Crippen LogP contribution >= 0.6 is 0 Å². The van der Waals surface area contributed by atoms with Gasteiger partial charge >= 0.3 is 0 Å². The first kappa shape index (κ1) is 16.0. The Morgan fingerprint density at radius 3 is 2.47 bits per heavy atom. The van der Waals surface area contributed by atoms with Crippen LogP contribution in [0.15, 0.2) is 0 Å². The van der Waals surface area contributed by atoms with Crippen LogP contribution in [0.2, 0.25) is 0 Å². The first-order chi connectivity index (χ1) is 8.88. The third kappa shape index (κ3) is 3.93. The van der Waals surface area contributed by atoms with Crippen LogP contribution in [0.1, 0.15) is 41.0 Å². The number of hydrogen-bond donors (Lipinski definition) is 1. The molecule has 0 spiro atoms. The first-order valence-electron chi connectivity index (χ1n) is 7.08. The number of carbonyl (C=O) groups is 2. The van der Waals surface area contributed by atoms with Crippen LogP contribution < -0.4 is 5.32 Å². The quantitative estimate of drug-likeness (QED) is 0.788. The van der Waals surface area contributed by atoms with E-state index in [1.54, 1.807) is 11.8 Å². The number of nitrogens with zero attached hydrogens (tertiary/aromatic N) is 1. The van der Waals surface area contributed by atoms with Gasteiger partial charge in [-0.3, -0.25) is 9.59 Å². The highest BCUT2D eigenvalue weighted by molar-refractivity contribution is 5.96. The van der Waals surface area contributed by atoms with E-state index in [4.69, 9.17) is 4.74 Å². The average molecular weight is 270 g/mol. The van der Waals surface area contributed by atoms with Crippen molar-refractivity contribution < 1.29 is 14.3 Å². The van der Waals surface area contributed by atoms with E-state index in [0.29, 0.717) is 25.6 Å². The number of ether oxygens (including phenoxy) is 1. The van der Waals surface area contributed by atoms with E-state index in [1.165, 1.54) is 0 Å². The molecule has 2 amide bonds. The number of carbonyl (C=O) groups excluding carboxylic acids is 2. The van der Waals surface area contributed by atoms with Gasteiger partial charge in [0.25, 0.3) is 0 Å². The zero-order valence-corrected chi connectivity index (χ0v) is 12.6. The molecule has 110 valence electrons. The number of amides is 2. The molecule has 19 heavy (non-hydrogen) atoms. The van der Waals surface area contributed by atoms with Gasteiger partial charge in [0.15, 0.2) is 0 Å². The first-order valence-corrected chi connectivity index (χ1v) is 7.08. The molecule has 3 unspecified atom stereocenters. The van der Waals surface area contributed by atoms with Crippen LogP contribution in [0.25, 0.3) is 0 Å². The Hall–Kier alpha value is -1.10. The van der Waals surface area contributed by atoms with E-state index in [0.717, 1.165) is 0 Å². The van der Waals surface area contributed by atoms with Crippen LogP contribution in [-0.4, -0.2) is 48.1 Å². The number of piperazine rings is 1. The summed E-state index contributed by atoms with van der Waals surface area (Å²) in [5.74, 6) is 0.299. The Balaban J connectivity index is 2.80. The summed E-state index contributed by atoms with van der Waals surface area (Å²) in [7, 11) is 0. The van der Waals surface area contributed by atoms with Gasteiger partial charge in [0.05, 0.1) is 12.6 Å². The van der Waals surface area contributed by atoms with Crippen molar-refractivity contribution in [2.45, 2.75) is 59.2 Å². The minimum absolute atomic E-state index is 0.00741. The van der Waals surface area contributed by atoms with E-state index in [9.17, 15) is 9.59 Å². The zero-order chi connectivity index (χ0) is 14.6. The minimum Gasteiger partial charge on any atom is -0.380 e. The van der Waals surface area contributed by atoms with Gasteiger partial charge in [0.2, 0.25) is 11.8 Å². The maximum atomic E-state index is 12.5. The molecule has 0 bridgehead atoms. The van der Waals surface area contributed by atoms with Gasteiger partial charge in [0, 0.05) is 6.61 Å². The molecule has 0 aromatic carbocycles. The fourth-order valence-corrected chi connectivity index (χ4v) is 2.45. The molecule has 1 saturated heterocycles. The molecule has 0 aromatic heterocycles. The summed E-state index contributed by atoms with van der Waals surface area (Å²) in [4.78, 5) is 26.1. The SMILES string of the molecule is CCOCC(C)N1C(=O)C(CC(C)C)NC(=O)C1C. The van der Waals surface area contributed by atoms with Crippen LogP contribution in [0.5, 0.6) is 0 Å². The van der Waals surface area contributed by atoms with Crippen molar-refractivity contribution in [1.82, 2.24) is 10.2 Å². The average Bonchev–Trinajstić information content (AvgIpc) is 2.33. The van der Waals surface area contributed by atoms with Crippen molar-refractivity contribution in [3.63, 3.8) is 0 Å². The fourth-order valence-electron chi connectivity index (χ4n) is 2.45. The zero-order valence-electron chi connectivity index (χ0n) is 12.6. The lowest BCUT2D eigenvalue weighted by atomic mass is 9.98. The minimum atomic E-state index is -0.425. The maximum Gasteiger partial charge on any atom is 0.246 e. The summed E-state index contributed by atoms with van der Waals surface area (Å²) in [6.45, 7) is 10.8. The fraction of sp³-hybridized carbons (Fsp3) is 0.857. The van der Waals surface area contributed by atoms with Crippen LogP contribution in [0.4, 0.5) is 0 Å². The van der Waals surface area contributed by atoms with E-state index in [1.807, 2.05) is 27.7 Å². The molecule has 5 nitrogen and oxygen atoms in total. The third-order valence-electron chi connectivity index (χ3n) is 3.41. The normalized spacial score (nSPS) is 25.7. The molecule has 1 fully saturated rings. The maximum absolute atomic E-state index is 12.5. The molecule has 1 aliphatic heterocycles. The topological polar surface area (TPSA) is 58.6 Å². The lowest BCUT2D eigenvalue weighted by Gasteiger charge is -2.41. The van der Waals surface area contributed by atoms with E-state index in [-0.39, 0.29) is 17.9 Å². The second-order valence-corrected chi connectivity index (χ2v) is 5.62. The second-order valence-electron chi connectivity index (χ2n) is 5.62. The molecule has 0 saturated carbocycles. The summed E-state index contributed by atoms with van der Waals surface area (Å²) in [5, 5.41) is 2.82. The van der Waals surface area contributed by atoms with Crippen molar-refractivity contribution in [2.24, 2.45) is 5.92 Å². The standard InChI is InChI=1S/C14H26N2O3/c1-6-19-8-10(4)16-11(5)13(17)15-12(14(16)18)7-9(2)3/h9-12H,6-8H2,1-5H3,(H,15,17). The third-order valence-corrected chi connectivity index (χ3v) is 3.41. The van der Waals surface area contributed by atoms with Gasteiger partial charge in [-0.1, -0.05) is 13.8 Å². The molecule has 1 rings (SSSR count). The Morgan fingerprint density at radius 1 is 1.32 bits per heavy atom. The van der Waals surface area contributed by atoms with E-state index >= 15 is 0 Å². The van der Waals surface area contributed by atoms with Crippen LogP contribution in [0.3, 0.4) is 0 Å². The lowest BCUT2D eigenvalue weighted by Crippen LogP contribution is -2.65. The summed E-state index contributed by atoms with van der Waals surface area (Å²) >= 11 is 0. The highest BCUT2D eigenvalue weighted by Gasteiger charge is 2.40. The molecule has 1 aliphatic rings. The number of rotatable bonds is 6. The summed E-state index contributed by atoms with van der Waals surface area (Å²) in [5.41, 5.74) is 0. The Morgan fingerprint density at radius 2 is 1.95 bits per heavy atom. The molecule has 1 heterocycles. The van der Waals surface area contributed by atoms with Crippen molar-refractivity contribution in [3.05, 3.63) is 0 Å². The van der Waals surface area contributed by atoms with E-state index < -0.39 is 12.1 Å². The Kier molecular flexibility index (Phi) is 5.79. The monoisotopic (exact) mass is 270 g/mol. The van der Waals surface area contributed by atoms with Crippen molar-refractivity contribution in [2.75, 3.05) is 13.2 Å². The highest BCUT2D eigenvalue weighted by atomic mass is 16.5. The van der Waals surface area contributed by atoms with Crippen molar-refractivity contribution in [1.29, 1.82) is 0 Å². The summed E-state index contributed by atoms with van der Waals surface area (Å²) < 4.78 is 5.37. The van der Waals surface area contributed by atoms with E-state index in [2.05, 4.69) is 5.32 Å². The summed E-state index contributed by atoms with van der Waals surface area (Å²) in [6.07, 6.45) is 0.676. The van der Waals surface area contributed by atoms with Crippen LogP contribution in [0, 0.1) is 5.92 Å². The molecular weight excluding hydrogens is 244 g/mol. The Labute approximate surface area is 115 Å². The number of hydrogen-bond acceptors (Lipinski definition) is 3. The van der Waals surface area contributed by atoms with Crippen molar-refractivity contribution >= 4 is 11.8 Å². The lowest BCUT2D eigenvalue weighted by molar-refractivity contribution is -0.152. The van der Waals surface area contributed by atoms with Crippen LogP contribution in [-0.2, 0) is 14.3 Å². The molecular formula is C14H26N2O3. The molecule has 0 radical (unpaired) electrons. The number of nitrogens with one attached hydrogen (secondary N) is 1.